The third kappa shape index (κ3) is 6.51. The Hall–Kier alpha value is -7.61. The summed E-state index contributed by atoms with van der Waals surface area (Å²) in [6.07, 6.45) is 0.724. The molecule has 0 aliphatic rings. The topological polar surface area (TPSA) is 12.4 Å². The van der Waals surface area contributed by atoms with Gasteiger partial charge in [0.2, 0.25) is 0 Å². The van der Waals surface area contributed by atoms with Crippen molar-refractivity contribution in [3.05, 3.63) is 235 Å². The fourth-order valence-electron chi connectivity index (χ4n) is 9.12. The van der Waals surface area contributed by atoms with Gasteiger partial charge >= 0.3 is 0 Å². The van der Waals surface area contributed by atoms with E-state index in [1.165, 1.54) is 98.4 Å². The van der Waals surface area contributed by atoms with Gasteiger partial charge in [-0.2, -0.15) is 0 Å². The van der Waals surface area contributed by atoms with Crippen LogP contribution in [0.1, 0.15) is 16.7 Å². The van der Waals surface area contributed by atoms with Crippen LogP contribution in [0, 0.1) is 6.92 Å². The Balaban J connectivity index is 1.05. The summed E-state index contributed by atoms with van der Waals surface area (Å²) >= 11 is 0. The van der Waals surface area contributed by atoms with E-state index in [4.69, 9.17) is 4.99 Å². The lowest BCUT2D eigenvalue weighted by atomic mass is 9.84. The number of fused-ring (bicyclic) bond motifs is 5. The minimum atomic E-state index is 0.724. The first-order chi connectivity index (χ1) is 29.6. The normalized spacial score (nSPS) is 11.9. The molecule has 11 aromatic rings. The second-order valence-electron chi connectivity index (χ2n) is 16.0. The lowest BCUT2D eigenvalue weighted by Crippen LogP contribution is -2.05. The molecule has 0 atom stereocenters. The van der Waals surface area contributed by atoms with E-state index in [1.807, 2.05) is 0 Å². The Bertz CT molecular complexity index is 3450. The summed E-state index contributed by atoms with van der Waals surface area (Å²) in [5.41, 5.74) is 13.0. The van der Waals surface area contributed by atoms with Gasteiger partial charge in [-0.25, -0.2) is 0 Å². The van der Waals surface area contributed by atoms with E-state index in [1.54, 1.807) is 0 Å². The summed E-state index contributed by atoms with van der Waals surface area (Å²) in [5.74, 6) is 0. The average molecular weight is 764 g/mol. The fourth-order valence-corrected chi connectivity index (χ4v) is 9.12. The first-order valence-corrected chi connectivity index (χ1v) is 20.8. The van der Waals surface area contributed by atoms with Gasteiger partial charge in [0.15, 0.2) is 0 Å². The fraction of sp³-hybridized carbons (Fsp3) is 0.0339. The molecule has 0 amide bonds. The molecule has 0 spiro atoms. The van der Waals surface area contributed by atoms with Crippen LogP contribution in [0.4, 0.5) is 5.69 Å². The highest BCUT2D eigenvalue weighted by Crippen LogP contribution is 2.46. The van der Waals surface area contributed by atoms with Crippen LogP contribution in [-0.4, -0.2) is 5.71 Å². The molecular weight excluding hydrogens is 723 g/mol. The first kappa shape index (κ1) is 35.5. The van der Waals surface area contributed by atoms with Crippen LogP contribution < -0.4 is 0 Å². The molecule has 0 N–H and O–H groups in total. The molecule has 0 radical (unpaired) electrons. The molecular formula is C59H41N. The molecule has 11 aromatic carbocycles. The summed E-state index contributed by atoms with van der Waals surface area (Å²) in [6.45, 7) is 2.16. The maximum atomic E-state index is 5.34. The Labute approximate surface area is 350 Å². The van der Waals surface area contributed by atoms with Gasteiger partial charge in [-0.05, 0) is 141 Å². The summed E-state index contributed by atoms with van der Waals surface area (Å²) in [4.78, 5) is 5.34. The second kappa shape index (κ2) is 15.0. The van der Waals surface area contributed by atoms with Crippen molar-refractivity contribution in [2.75, 3.05) is 0 Å². The van der Waals surface area contributed by atoms with E-state index in [2.05, 4.69) is 225 Å². The number of aryl methyl sites for hydroxylation is 1. The molecule has 1 heteroatoms. The number of hydrogen-bond donors (Lipinski definition) is 0. The SMILES string of the molecule is Cc1cc2ccccc2cc1/N=C(\Cc1ccc(-c2ccc3c(-c4ccc5ccccc5c4)c4ccccc4c(-c4ccc5ccccc5c4)c3c2)cc1)c1ccccc1. The molecule has 0 aliphatic carbocycles. The van der Waals surface area contributed by atoms with Crippen LogP contribution in [0.25, 0.3) is 87.2 Å². The monoisotopic (exact) mass is 763 g/mol. The highest BCUT2D eigenvalue weighted by Gasteiger charge is 2.18. The van der Waals surface area contributed by atoms with E-state index < -0.39 is 0 Å². The van der Waals surface area contributed by atoms with E-state index >= 15 is 0 Å². The predicted molar refractivity (Wildman–Crippen MR) is 258 cm³/mol. The molecule has 0 heterocycles. The van der Waals surface area contributed by atoms with Gasteiger partial charge in [0, 0.05) is 6.42 Å². The van der Waals surface area contributed by atoms with Crippen molar-refractivity contribution >= 4 is 65.3 Å². The van der Waals surface area contributed by atoms with Crippen LogP contribution in [0.5, 0.6) is 0 Å². The zero-order valence-corrected chi connectivity index (χ0v) is 33.4. The molecule has 282 valence electrons. The predicted octanol–water partition coefficient (Wildman–Crippen LogP) is 16.1. The number of benzene rings is 11. The highest BCUT2D eigenvalue weighted by atomic mass is 14.8. The summed E-state index contributed by atoms with van der Waals surface area (Å²) in [5, 5.41) is 12.4. The van der Waals surface area contributed by atoms with E-state index in [0.717, 1.165) is 23.4 Å². The van der Waals surface area contributed by atoms with Gasteiger partial charge < -0.3 is 0 Å². The lowest BCUT2D eigenvalue weighted by Gasteiger charge is -2.19. The van der Waals surface area contributed by atoms with Gasteiger partial charge in [-0.15, -0.1) is 0 Å². The van der Waals surface area contributed by atoms with Gasteiger partial charge in [0.05, 0.1) is 11.4 Å². The summed E-state index contributed by atoms with van der Waals surface area (Å²) in [6, 6.07) is 79.9. The van der Waals surface area contributed by atoms with Crippen LogP contribution >= 0.6 is 0 Å². The molecule has 0 unspecified atom stereocenters. The van der Waals surface area contributed by atoms with Gasteiger partial charge in [0.1, 0.15) is 0 Å². The molecule has 0 aliphatic heterocycles. The zero-order valence-electron chi connectivity index (χ0n) is 33.4. The van der Waals surface area contributed by atoms with Crippen LogP contribution in [0.2, 0.25) is 0 Å². The molecule has 0 aromatic heterocycles. The quantitative estimate of drug-likeness (QED) is 0.113. The number of nitrogens with zero attached hydrogens (tertiary/aromatic N) is 1. The van der Waals surface area contributed by atoms with Crippen LogP contribution in [0.3, 0.4) is 0 Å². The number of aliphatic imine (C=N–C) groups is 1. The van der Waals surface area contributed by atoms with Crippen molar-refractivity contribution in [2.45, 2.75) is 13.3 Å². The molecule has 0 saturated carbocycles. The Morgan fingerprint density at radius 1 is 0.350 bits per heavy atom. The molecule has 11 rings (SSSR count). The average Bonchev–Trinajstić information content (AvgIpc) is 3.30. The maximum absolute atomic E-state index is 5.34. The first-order valence-electron chi connectivity index (χ1n) is 20.8. The minimum Gasteiger partial charge on any atom is -0.252 e. The van der Waals surface area contributed by atoms with Crippen molar-refractivity contribution in [1.82, 2.24) is 0 Å². The Morgan fingerprint density at radius 2 is 0.817 bits per heavy atom. The van der Waals surface area contributed by atoms with E-state index in [-0.39, 0.29) is 0 Å². The van der Waals surface area contributed by atoms with E-state index in [0.29, 0.717) is 0 Å². The van der Waals surface area contributed by atoms with Crippen molar-refractivity contribution in [1.29, 1.82) is 0 Å². The number of rotatable bonds is 7. The van der Waals surface area contributed by atoms with Crippen LogP contribution in [-0.2, 0) is 6.42 Å². The largest absolute Gasteiger partial charge is 0.252 e. The van der Waals surface area contributed by atoms with Crippen LogP contribution in [0.15, 0.2) is 223 Å². The Morgan fingerprint density at radius 3 is 1.43 bits per heavy atom. The lowest BCUT2D eigenvalue weighted by molar-refractivity contribution is 1.29. The van der Waals surface area contributed by atoms with Crippen molar-refractivity contribution in [2.24, 2.45) is 4.99 Å². The highest BCUT2D eigenvalue weighted by molar-refractivity contribution is 6.22. The minimum absolute atomic E-state index is 0.724. The van der Waals surface area contributed by atoms with Gasteiger partial charge in [-0.3, -0.25) is 4.99 Å². The van der Waals surface area contributed by atoms with E-state index in [9.17, 15) is 0 Å². The summed E-state index contributed by atoms with van der Waals surface area (Å²) < 4.78 is 0. The van der Waals surface area contributed by atoms with Gasteiger partial charge in [-0.1, -0.05) is 188 Å². The smallest absolute Gasteiger partial charge is 0.0668 e. The third-order valence-corrected chi connectivity index (χ3v) is 12.2. The Kier molecular flexibility index (Phi) is 8.86. The second-order valence-corrected chi connectivity index (χ2v) is 16.0. The van der Waals surface area contributed by atoms with Crippen molar-refractivity contribution in [3.63, 3.8) is 0 Å². The molecule has 0 bridgehead atoms. The van der Waals surface area contributed by atoms with Crippen molar-refractivity contribution < 1.29 is 0 Å². The third-order valence-electron chi connectivity index (χ3n) is 12.2. The van der Waals surface area contributed by atoms with Crippen molar-refractivity contribution in [3.8, 4) is 33.4 Å². The molecule has 1 nitrogen and oxygen atoms in total. The standard InChI is InChI=1S/C59H41N/c1-39-33-45-17-9-10-20-48(45)38-56(39)60-57(44-15-3-2-4-16-44)34-40-23-25-43(26-24-40)49-31-32-54-55(37-49)59(51-30-28-42-14-6-8-19-47(42)36-51)53-22-12-11-21-52(53)58(54)50-29-27-41-13-5-7-18-46(41)35-50/h2-33,35-38H,34H2,1H3/b60-57+. The molecule has 0 fully saturated rings. The van der Waals surface area contributed by atoms with Gasteiger partial charge in [0.25, 0.3) is 0 Å². The maximum Gasteiger partial charge on any atom is 0.0668 e. The zero-order chi connectivity index (χ0) is 40.0. The molecule has 0 saturated heterocycles. The summed E-state index contributed by atoms with van der Waals surface area (Å²) in [7, 11) is 0. The number of hydrogen-bond acceptors (Lipinski definition) is 1. The molecule has 60 heavy (non-hydrogen) atoms.